The second-order valence-electron chi connectivity index (χ2n) is 6.34. The van der Waals surface area contributed by atoms with Gasteiger partial charge >= 0.3 is 0 Å². The summed E-state index contributed by atoms with van der Waals surface area (Å²) in [6.07, 6.45) is 0.0226. The van der Waals surface area contributed by atoms with Gasteiger partial charge in [0.15, 0.2) is 0 Å². The fourth-order valence-corrected chi connectivity index (χ4v) is 2.84. The number of hydrogen-bond donors (Lipinski definition) is 2. The minimum atomic E-state index is -0.366. The Balaban J connectivity index is 1.46. The third-order valence-electron chi connectivity index (χ3n) is 4.21. The van der Waals surface area contributed by atoms with Crippen molar-refractivity contribution in [1.82, 2.24) is 15.3 Å². The van der Waals surface area contributed by atoms with Crippen LogP contribution in [-0.2, 0) is 16.0 Å². The molecule has 0 bridgehead atoms. The molecule has 144 valence electrons. The number of morpholine rings is 1. The molecule has 2 heterocycles. The maximum atomic E-state index is 13.6. The molecular weight excluding hydrogens is 349 g/mol. The number of carbonyl (C=O) groups excluding carboxylic acids is 1. The molecule has 0 atom stereocenters. The first-order valence-corrected chi connectivity index (χ1v) is 9.04. The van der Waals surface area contributed by atoms with Gasteiger partial charge in [0.05, 0.1) is 19.6 Å². The number of nitrogens with one attached hydrogen (secondary N) is 2. The zero-order valence-corrected chi connectivity index (χ0v) is 15.4. The van der Waals surface area contributed by atoms with E-state index in [1.165, 1.54) is 6.07 Å². The molecule has 0 radical (unpaired) electrons. The average molecular weight is 373 g/mol. The summed E-state index contributed by atoms with van der Waals surface area (Å²) in [4.78, 5) is 23.0. The molecule has 27 heavy (non-hydrogen) atoms. The SMILES string of the molecule is Cc1cc(N2CCOCC2)nc(NCCNC(=O)Cc2ccccc2F)n1. The van der Waals surface area contributed by atoms with E-state index in [4.69, 9.17) is 4.74 Å². The number of halogens is 1. The van der Waals surface area contributed by atoms with E-state index in [9.17, 15) is 9.18 Å². The smallest absolute Gasteiger partial charge is 0.224 e. The van der Waals surface area contributed by atoms with Crippen molar-refractivity contribution in [3.05, 3.63) is 47.4 Å². The standard InChI is InChI=1S/C19H24FN5O2/c1-14-12-17(25-8-10-27-11-9-25)24-19(23-14)22-7-6-21-18(26)13-15-4-2-3-5-16(15)20/h2-5,12H,6-11,13H2,1H3,(H,21,26)(H,22,23,24). The van der Waals surface area contributed by atoms with Crippen LogP contribution >= 0.6 is 0 Å². The minimum absolute atomic E-state index is 0.0226. The van der Waals surface area contributed by atoms with Crippen LogP contribution < -0.4 is 15.5 Å². The maximum Gasteiger partial charge on any atom is 0.224 e. The van der Waals surface area contributed by atoms with Crippen LogP contribution in [0.25, 0.3) is 0 Å². The zero-order chi connectivity index (χ0) is 19.1. The summed E-state index contributed by atoms with van der Waals surface area (Å²) in [6, 6.07) is 8.24. The van der Waals surface area contributed by atoms with Gasteiger partial charge in [-0.1, -0.05) is 18.2 Å². The fraction of sp³-hybridized carbons (Fsp3) is 0.421. The van der Waals surface area contributed by atoms with Crippen LogP contribution in [0.3, 0.4) is 0 Å². The van der Waals surface area contributed by atoms with Crippen molar-refractivity contribution in [3.63, 3.8) is 0 Å². The highest BCUT2D eigenvalue weighted by atomic mass is 19.1. The van der Waals surface area contributed by atoms with Crippen LogP contribution in [0, 0.1) is 12.7 Å². The quantitative estimate of drug-likeness (QED) is 0.717. The van der Waals surface area contributed by atoms with E-state index in [-0.39, 0.29) is 18.1 Å². The van der Waals surface area contributed by atoms with Crippen LogP contribution in [0.4, 0.5) is 16.2 Å². The van der Waals surface area contributed by atoms with E-state index in [2.05, 4.69) is 25.5 Å². The Labute approximate surface area is 158 Å². The number of aryl methyl sites for hydroxylation is 1. The Hall–Kier alpha value is -2.74. The van der Waals surface area contributed by atoms with E-state index in [1.807, 2.05) is 13.0 Å². The lowest BCUT2D eigenvalue weighted by Gasteiger charge is -2.28. The predicted molar refractivity (Wildman–Crippen MR) is 101 cm³/mol. The summed E-state index contributed by atoms with van der Waals surface area (Å²) in [5, 5.41) is 5.90. The molecule has 7 nitrogen and oxygen atoms in total. The van der Waals surface area contributed by atoms with E-state index < -0.39 is 0 Å². The summed E-state index contributed by atoms with van der Waals surface area (Å²) >= 11 is 0. The first-order chi connectivity index (χ1) is 13.1. The summed E-state index contributed by atoms with van der Waals surface area (Å²) in [5.74, 6) is 0.812. The van der Waals surface area contributed by atoms with Gasteiger partial charge in [-0.2, -0.15) is 4.98 Å². The number of hydrogen-bond acceptors (Lipinski definition) is 6. The van der Waals surface area contributed by atoms with Gasteiger partial charge in [0.2, 0.25) is 11.9 Å². The summed E-state index contributed by atoms with van der Waals surface area (Å²) in [6.45, 7) is 5.81. The molecule has 1 aromatic carbocycles. The van der Waals surface area contributed by atoms with Gasteiger partial charge in [-0.15, -0.1) is 0 Å². The third-order valence-corrected chi connectivity index (χ3v) is 4.21. The Kier molecular flexibility index (Phi) is 6.54. The van der Waals surface area contributed by atoms with Gasteiger partial charge < -0.3 is 20.3 Å². The molecule has 0 saturated carbocycles. The normalized spacial score (nSPS) is 14.1. The fourth-order valence-electron chi connectivity index (χ4n) is 2.84. The molecule has 0 unspecified atom stereocenters. The lowest BCUT2D eigenvalue weighted by atomic mass is 10.1. The molecule has 1 aliphatic heterocycles. The number of ether oxygens (including phenoxy) is 1. The Bertz CT molecular complexity index is 780. The average Bonchev–Trinajstić information content (AvgIpc) is 2.67. The van der Waals surface area contributed by atoms with Crippen LogP contribution in [0.1, 0.15) is 11.3 Å². The lowest BCUT2D eigenvalue weighted by molar-refractivity contribution is -0.120. The molecule has 1 saturated heterocycles. The second kappa shape index (κ2) is 9.27. The molecule has 1 aliphatic rings. The minimum Gasteiger partial charge on any atom is -0.378 e. The number of aromatic nitrogens is 2. The van der Waals surface area contributed by atoms with E-state index in [0.717, 1.165) is 24.6 Å². The topological polar surface area (TPSA) is 79.4 Å². The van der Waals surface area contributed by atoms with Gasteiger partial charge in [-0.3, -0.25) is 4.79 Å². The van der Waals surface area contributed by atoms with Crippen molar-refractivity contribution in [3.8, 4) is 0 Å². The number of benzene rings is 1. The highest BCUT2D eigenvalue weighted by Crippen LogP contribution is 2.16. The summed E-state index contributed by atoms with van der Waals surface area (Å²) in [5.41, 5.74) is 1.26. The molecule has 0 aliphatic carbocycles. The van der Waals surface area contributed by atoms with Crippen LogP contribution in [0.15, 0.2) is 30.3 Å². The van der Waals surface area contributed by atoms with E-state index in [1.54, 1.807) is 18.2 Å². The monoisotopic (exact) mass is 373 g/mol. The maximum absolute atomic E-state index is 13.6. The van der Waals surface area contributed by atoms with Crippen molar-refractivity contribution in [1.29, 1.82) is 0 Å². The van der Waals surface area contributed by atoms with Crippen molar-refractivity contribution in [2.24, 2.45) is 0 Å². The van der Waals surface area contributed by atoms with Crippen molar-refractivity contribution >= 4 is 17.7 Å². The lowest BCUT2D eigenvalue weighted by Crippen LogP contribution is -2.37. The van der Waals surface area contributed by atoms with Crippen LogP contribution in [0.5, 0.6) is 0 Å². The van der Waals surface area contributed by atoms with Gasteiger partial charge in [-0.25, -0.2) is 9.37 Å². The highest BCUT2D eigenvalue weighted by Gasteiger charge is 2.14. The number of anilines is 2. The van der Waals surface area contributed by atoms with Crippen LogP contribution in [0.2, 0.25) is 0 Å². The van der Waals surface area contributed by atoms with Gasteiger partial charge in [-0.05, 0) is 18.6 Å². The molecule has 8 heteroatoms. The first-order valence-electron chi connectivity index (χ1n) is 9.04. The molecule has 2 aromatic rings. The largest absolute Gasteiger partial charge is 0.378 e. The van der Waals surface area contributed by atoms with Gasteiger partial charge in [0.25, 0.3) is 0 Å². The molecule has 1 amide bonds. The molecule has 2 N–H and O–H groups in total. The second-order valence-corrected chi connectivity index (χ2v) is 6.34. The summed E-state index contributed by atoms with van der Waals surface area (Å²) in [7, 11) is 0. The van der Waals surface area contributed by atoms with E-state index >= 15 is 0 Å². The first kappa shape index (κ1) is 19.0. The molecule has 3 rings (SSSR count). The van der Waals surface area contributed by atoms with Crippen LogP contribution in [-0.4, -0.2) is 55.3 Å². The molecule has 1 aromatic heterocycles. The number of carbonyl (C=O) groups is 1. The third kappa shape index (κ3) is 5.62. The summed E-state index contributed by atoms with van der Waals surface area (Å²) < 4.78 is 18.9. The van der Waals surface area contributed by atoms with E-state index in [0.29, 0.717) is 37.8 Å². The van der Waals surface area contributed by atoms with Crippen molar-refractivity contribution in [2.75, 3.05) is 49.6 Å². The zero-order valence-electron chi connectivity index (χ0n) is 15.4. The Morgan fingerprint density at radius 1 is 1.22 bits per heavy atom. The Morgan fingerprint density at radius 2 is 2.00 bits per heavy atom. The molecule has 1 fully saturated rings. The van der Waals surface area contributed by atoms with Gasteiger partial charge in [0, 0.05) is 37.9 Å². The molecular formula is C19H24FN5O2. The van der Waals surface area contributed by atoms with Gasteiger partial charge in [0.1, 0.15) is 11.6 Å². The van der Waals surface area contributed by atoms with Crippen molar-refractivity contribution in [2.45, 2.75) is 13.3 Å². The molecule has 0 spiro atoms. The predicted octanol–water partition coefficient (Wildman–Crippen LogP) is 1.53. The number of rotatable bonds is 7. The van der Waals surface area contributed by atoms with Crippen molar-refractivity contribution < 1.29 is 13.9 Å². The Morgan fingerprint density at radius 3 is 2.78 bits per heavy atom. The number of amides is 1. The highest BCUT2D eigenvalue weighted by molar-refractivity contribution is 5.78. The number of nitrogens with zero attached hydrogens (tertiary/aromatic N) is 3.